The number of aryl methyl sites for hydroxylation is 1. The first-order valence-electron chi connectivity index (χ1n) is 6.74. The number of ether oxygens (including phenoxy) is 2. The molecule has 0 fully saturated rings. The lowest BCUT2D eigenvalue weighted by Crippen LogP contribution is -2.04. The van der Waals surface area contributed by atoms with E-state index in [9.17, 15) is 0 Å². The topological polar surface area (TPSA) is 82.3 Å². The van der Waals surface area contributed by atoms with Gasteiger partial charge in [-0.25, -0.2) is 4.98 Å². The van der Waals surface area contributed by atoms with Crippen molar-refractivity contribution in [1.29, 1.82) is 0 Å². The minimum absolute atomic E-state index is 0.465. The van der Waals surface area contributed by atoms with Crippen LogP contribution in [0, 0.1) is 6.92 Å². The van der Waals surface area contributed by atoms with Gasteiger partial charge in [0.25, 0.3) is 5.71 Å². The average molecular weight is 300 g/mol. The maximum absolute atomic E-state index is 5.37. The van der Waals surface area contributed by atoms with Gasteiger partial charge in [-0.15, -0.1) is 0 Å². The van der Waals surface area contributed by atoms with Crippen LogP contribution in [0.2, 0.25) is 0 Å². The highest BCUT2D eigenvalue weighted by Gasteiger charge is 2.12. The first-order valence-corrected chi connectivity index (χ1v) is 6.74. The Labute approximate surface area is 127 Å². The van der Waals surface area contributed by atoms with Gasteiger partial charge in [-0.05, 0) is 25.1 Å². The van der Waals surface area contributed by atoms with Crippen LogP contribution in [0.3, 0.4) is 0 Å². The number of fused-ring (bicyclic) bond motifs is 1. The van der Waals surface area contributed by atoms with Crippen LogP contribution in [-0.4, -0.2) is 29.3 Å². The van der Waals surface area contributed by atoms with Crippen LogP contribution >= 0.6 is 0 Å². The van der Waals surface area contributed by atoms with Crippen LogP contribution in [0.15, 0.2) is 29.0 Å². The van der Waals surface area contributed by atoms with Gasteiger partial charge in [0.15, 0.2) is 0 Å². The van der Waals surface area contributed by atoms with E-state index in [1.165, 1.54) is 6.33 Å². The third-order valence-corrected chi connectivity index (χ3v) is 3.38. The fraction of sp³-hybridized carbons (Fsp3) is 0.267. The quantitative estimate of drug-likeness (QED) is 0.775. The third kappa shape index (κ3) is 2.52. The highest BCUT2D eigenvalue weighted by molar-refractivity contribution is 5.87. The van der Waals surface area contributed by atoms with E-state index >= 15 is 0 Å². The van der Waals surface area contributed by atoms with Crippen LogP contribution in [-0.2, 0) is 6.54 Å². The van der Waals surface area contributed by atoms with Gasteiger partial charge in [0.1, 0.15) is 29.0 Å². The number of methoxy groups -OCH3 is 2. The van der Waals surface area contributed by atoms with Crippen LogP contribution in [0.25, 0.3) is 11.1 Å². The molecule has 0 aliphatic carbocycles. The maximum Gasteiger partial charge on any atom is 0.263 e. The monoisotopic (exact) mass is 300 g/mol. The molecule has 1 aromatic carbocycles. The van der Waals surface area contributed by atoms with Gasteiger partial charge in [-0.3, -0.25) is 0 Å². The number of aromatic nitrogens is 3. The van der Waals surface area contributed by atoms with Crippen molar-refractivity contribution in [1.82, 2.24) is 15.1 Å². The largest absolute Gasteiger partial charge is 0.497 e. The molecule has 0 atom stereocenters. The molecule has 22 heavy (non-hydrogen) atoms. The summed E-state index contributed by atoms with van der Waals surface area (Å²) in [7, 11) is 3.27. The Morgan fingerprint density at radius 2 is 2.05 bits per heavy atom. The Hall–Kier alpha value is -2.83. The van der Waals surface area contributed by atoms with E-state index in [0.29, 0.717) is 18.1 Å². The zero-order valence-electron chi connectivity index (χ0n) is 12.6. The second-order valence-corrected chi connectivity index (χ2v) is 4.70. The Morgan fingerprint density at radius 3 is 2.82 bits per heavy atom. The lowest BCUT2D eigenvalue weighted by Gasteiger charge is -2.12. The second-order valence-electron chi connectivity index (χ2n) is 4.70. The molecule has 0 spiro atoms. The van der Waals surface area contributed by atoms with Crippen LogP contribution in [0.1, 0.15) is 11.3 Å². The maximum atomic E-state index is 5.37. The van der Waals surface area contributed by atoms with Gasteiger partial charge in [0, 0.05) is 12.1 Å². The predicted molar refractivity (Wildman–Crippen MR) is 81.2 cm³/mol. The first-order chi connectivity index (χ1) is 10.7. The second kappa shape index (κ2) is 5.88. The standard InChI is InChI=1S/C15H16N4O3/c1-9-13-14(17-8-18-15(13)22-19-9)16-7-10-6-11(20-2)4-5-12(10)21-3/h4-6,8H,7H2,1-3H3,(H,16,17,18). The summed E-state index contributed by atoms with van der Waals surface area (Å²) in [5.41, 5.74) is 2.17. The van der Waals surface area contributed by atoms with E-state index in [4.69, 9.17) is 14.0 Å². The Balaban J connectivity index is 1.89. The SMILES string of the molecule is COc1ccc(OC)c(CNc2ncnc3onc(C)c23)c1. The molecule has 7 heteroatoms. The minimum Gasteiger partial charge on any atom is -0.497 e. The van der Waals surface area contributed by atoms with Gasteiger partial charge >= 0.3 is 0 Å². The van der Waals surface area contributed by atoms with Gasteiger partial charge in [0.05, 0.1) is 19.9 Å². The molecule has 0 saturated heterocycles. The molecule has 0 amide bonds. The van der Waals surface area contributed by atoms with E-state index < -0.39 is 0 Å². The van der Waals surface area contributed by atoms with Crippen LogP contribution in [0.4, 0.5) is 5.82 Å². The lowest BCUT2D eigenvalue weighted by atomic mass is 10.2. The summed E-state index contributed by atoms with van der Waals surface area (Å²) in [6.07, 6.45) is 1.44. The highest BCUT2D eigenvalue weighted by Crippen LogP contribution is 2.27. The Kier molecular flexibility index (Phi) is 3.78. The number of benzene rings is 1. The summed E-state index contributed by atoms with van der Waals surface area (Å²) in [4.78, 5) is 8.31. The molecule has 7 nitrogen and oxygen atoms in total. The number of hydrogen-bond acceptors (Lipinski definition) is 7. The average Bonchev–Trinajstić information content (AvgIpc) is 2.94. The smallest absolute Gasteiger partial charge is 0.263 e. The molecule has 0 bridgehead atoms. The van der Waals surface area contributed by atoms with Gasteiger partial charge < -0.3 is 19.3 Å². The molecule has 2 heterocycles. The minimum atomic E-state index is 0.465. The van der Waals surface area contributed by atoms with Crippen molar-refractivity contribution in [3.8, 4) is 11.5 Å². The lowest BCUT2D eigenvalue weighted by molar-refractivity contribution is 0.399. The van der Waals surface area contributed by atoms with Crippen molar-refractivity contribution >= 4 is 16.9 Å². The highest BCUT2D eigenvalue weighted by atomic mass is 16.5. The van der Waals surface area contributed by atoms with E-state index in [-0.39, 0.29) is 0 Å². The predicted octanol–water partition coefficient (Wildman–Crippen LogP) is 2.56. The number of anilines is 1. The fourth-order valence-electron chi connectivity index (χ4n) is 2.26. The van der Waals surface area contributed by atoms with E-state index in [1.54, 1.807) is 14.2 Å². The van der Waals surface area contributed by atoms with Crippen molar-refractivity contribution in [2.75, 3.05) is 19.5 Å². The summed E-state index contributed by atoms with van der Waals surface area (Å²) < 4.78 is 15.8. The summed E-state index contributed by atoms with van der Waals surface area (Å²) >= 11 is 0. The molecule has 3 aromatic rings. The van der Waals surface area contributed by atoms with Gasteiger partial charge in [-0.1, -0.05) is 5.16 Å². The molecular weight excluding hydrogens is 284 g/mol. The fourth-order valence-corrected chi connectivity index (χ4v) is 2.26. The number of nitrogens with zero attached hydrogens (tertiary/aromatic N) is 3. The zero-order chi connectivity index (χ0) is 15.5. The molecule has 3 rings (SSSR count). The van der Waals surface area contributed by atoms with Gasteiger partial charge in [-0.2, -0.15) is 4.98 Å². The van der Waals surface area contributed by atoms with Crippen molar-refractivity contribution in [2.24, 2.45) is 0 Å². The molecule has 2 aromatic heterocycles. The molecule has 114 valence electrons. The summed E-state index contributed by atoms with van der Waals surface area (Å²) in [5.74, 6) is 2.22. The van der Waals surface area contributed by atoms with Crippen molar-refractivity contribution in [3.05, 3.63) is 35.8 Å². The Morgan fingerprint density at radius 1 is 1.18 bits per heavy atom. The number of nitrogens with one attached hydrogen (secondary N) is 1. The molecule has 1 N–H and O–H groups in total. The van der Waals surface area contributed by atoms with E-state index in [0.717, 1.165) is 28.1 Å². The molecule has 0 radical (unpaired) electrons. The normalized spacial score (nSPS) is 10.7. The Bertz CT molecular complexity index is 801. The van der Waals surface area contributed by atoms with E-state index in [2.05, 4.69) is 20.4 Å². The van der Waals surface area contributed by atoms with Crippen LogP contribution < -0.4 is 14.8 Å². The van der Waals surface area contributed by atoms with Crippen LogP contribution in [0.5, 0.6) is 11.5 Å². The molecular formula is C15H16N4O3. The summed E-state index contributed by atoms with van der Waals surface area (Å²) in [6.45, 7) is 2.38. The molecule has 0 aliphatic heterocycles. The first kappa shape index (κ1) is 14.1. The van der Waals surface area contributed by atoms with Gasteiger partial charge in [0.2, 0.25) is 0 Å². The summed E-state index contributed by atoms with van der Waals surface area (Å²) in [6, 6.07) is 5.65. The third-order valence-electron chi connectivity index (χ3n) is 3.38. The summed E-state index contributed by atoms with van der Waals surface area (Å²) in [5, 5.41) is 7.96. The zero-order valence-corrected chi connectivity index (χ0v) is 12.6. The van der Waals surface area contributed by atoms with Crippen molar-refractivity contribution in [2.45, 2.75) is 13.5 Å². The molecule has 0 unspecified atom stereocenters. The molecule has 0 aliphatic rings. The number of hydrogen-bond donors (Lipinski definition) is 1. The van der Waals surface area contributed by atoms with Crippen molar-refractivity contribution in [3.63, 3.8) is 0 Å². The number of rotatable bonds is 5. The molecule has 0 saturated carbocycles. The van der Waals surface area contributed by atoms with E-state index in [1.807, 2.05) is 25.1 Å². The van der Waals surface area contributed by atoms with Crippen molar-refractivity contribution < 1.29 is 14.0 Å².